The molecule has 2 N–H and O–H groups in total. The van der Waals surface area contributed by atoms with Gasteiger partial charge in [0.05, 0.1) is 11.1 Å². The molecule has 5 nitrogen and oxygen atoms in total. The number of ether oxygens (including phenoxy) is 1. The average Bonchev–Trinajstić information content (AvgIpc) is 3.29. The zero-order valence-electron chi connectivity index (χ0n) is 16.0. The first-order valence-electron chi connectivity index (χ1n) is 9.36. The summed E-state index contributed by atoms with van der Waals surface area (Å²) >= 11 is 1.76. The van der Waals surface area contributed by atoms with Gasteiger partial charge in [0, 0.05) is 49.7 Å². The molecule has 0 aliphatic carbocycles. The van der Waals surface area contributed by atoms with E-state index in [2.05, 4.69) is 53.7 Å². The van der Waals surface area contributed by atoms with Crippen LogP contribution in [0.2, 0.25) is 0 Å². The molecule has 1 aliphatic rings. The summed E-state index contributed by atoms with van der Waals surface area (Å²) in [6, 6.07) is 10.5. The number of aryl methyl sites for hydroxylation is 1. The molecule has 1 aliphatic heterocycles. The molecule has 1 fully saturated rings. The maximum absolute atomic E-state index is 5.97. The van der Waals surface area contributed by atoms with Crippen molar-refractivity contribution in [2.75, 3.05) is 26.2 Å². The molecule has 0 amide bonds. The Hall–Kier alpha value is -1.19. The highest BCUT2D eigenvalue weighted by Crippen LogP contribution is 2.34. The number of nitrogens with zero attached hydrogens (tertiary/aromatic N) is 2. The van der Waals surface area contributed by atoms with Gasteiger partial charge in [0.1, 0.15) is 0 Å². The second kappa shape index (κ2) is 11.6. The van der Waals surface area contributed by atoms with E-state index in [0.717, 1.165) is 45.0 Å². The number of guanidine groups is 1. The van der Waals surface area contributed by atoms with Crippen molar-refractivity contribution in [2.24, 2.45) is 10.9 Å². The fraction of sp³-hybridized carbons (Fsp3) is 0.500. The van der Waals surface area contributed by atoms with Gasteiger partial charge in [-0.15, -0.1) is 35.3 Å². The maximum atomic E-state index is 5.97. The number of halogens is 1. The summed E-state index contributed by atoms with van der Waals surface area (Å²) in [5.74, 6) is 1.30. The van der Waals surface area contributed by atoms with E-state index in [-0.39, 0.29) is 30.1 Å². The van der Waals surface area contributed by atoms with E-state index in [1.807, 2.05) is 12.3 Å². The molecular formula is C20H29IN4OS. The minimum absolute atomic E-state index is 0. The third kappa shape index (κ3) is 6.73. The summed E-state index contributed by atoms with van der Waals surface area (Å²) in [6.07, 6.45) is 4.06. The first-order chi connectivity index (χ1) is 12.8. The number of hydrogen-bond donors (Lipinski definition) is 2. The SMILES string of the molecule is CCNC(=NCC1CCOC1c1ccccc1)NCCc1ncc(C)s1.I. The molecule has 1 aromatic carbocycles. The third-order valence-electron chi connectivity index (χ3n) is 4.47. The van der Waals surface area contributed by atoms with Crippen molar-refractivity contribution >= 4 is 41.3 Å². The number of benzene rings is 1. The standard InChI is InChI=1S/C20H28N4OS.HI/c1-3-21-20(22-11-9-18-23-13-15(2)26-18)24-14-17-10-12-25-19(17)16-7-5-4-6-8-16;/h4-8,13,17,19H,3,9-12,14H2,1-2H3,(H2,21,22,24);1H. The molecule has 2 aromatic rings. The Kier molecular flexibility index (Phi) is 9.50. The lowest BCUT2D eigenvalue weighted by Gasteiger charge is -2.18. The fourth-order valence-electron chi connectivity index (χ4n) is 3.19. The summed E-state index contributed by atoms with van der Waals surface area (Å²) in [7, 11) is 0. The Morgan fingerprint density at radius 3 is 2.81 bits per heavy atom. The van der Waals surface area contributed by atoms with Gasteiger partial charge in [0.15, 0.2) is 5.96 Å². The molecule has 3 rings (SSSR count). The van der Waals surface area contributed by atoms with Crippen LogP contribution in [0, 0.1) is 12.8 Å². The molecule has 7 heteroatoms. The lowest BCUT2D eigenvalue weighted by atomic mass is 9.95. The van der Waals surface area contributed by atoms with Gasteiger partial charge in [0.2, 0.25) is 0 Å². The number of aliphatic imine (C=N–C) groups is 1. The van der Waals surface area contributed by atoms with Gasteiger partial charge in [-0.25, -0.2) is 4.98 Å². The molecule has 0 radical (unpaired) electrons. The van der Waals surface area contributed by atoms with Crippen LogP contribution in [0.15, 0.2) is 41.5 Å². The highest BCUT2D eigenvalue weighted by Gasteiger charge is 2.29. The van der Waals surface area contributed by atoms with E-state index < -0.39 is 0 Å². The summed E-state index contributed by atoms with van der Waals surface area (Å²) in [5.41, 5.74) is 1.25. The third-order valence-corrected chi connectivity index (χ3v) is 5.44. The fourth-order valence-corrected chi connectivity index (χ4v) is 3.97. The molecule has 0 bridgehead atoms. The zero-order chi connectivity index (χ0) is 18.2. The van der Waals surface area contributed by atoms with E-state index >= 15 is 0 Å². The van der Waals surface area contributed by atoms with Gasteiger partial charge < -0.3 is 15.4 Å². The van der Waals surface area contributed by atoms with Crippen LogP contribution in [0.4, 0.5) is 0 Å². The van der Waals surface area contributed by atoms with E-state index in [4.69, 9.17) is 9.73 Å². The predicted octanol–water partition coefficient (Wildman–Crippen LogP) is 3.94. The molecule has 2 atom stereocenters. The van der Waals surface area contributed by atoms with Crippen LogP contribution in [-0.2, 0) is 11.2 Å². The molecule has 0 spiro atoms. The number of nitrogens with one attached hydrogen (secondary N) is 2. The highest BCUT2D eigenvalue weighted by atomic mass is 127. The van der Waals surface area contributed by atoms with Gasteiger partial charge in [-0.3, -0.25) is 4.99 Å². The van der Waals surface area contributed by atoms with Crippen molar-refractivity contribution in [3.63, 3.8) is 0 Å². The van der Waals surface area contributed by atoms with Crippen LogP contribution in [-0.4, -0.2) is 37.2 Å². The van der Waals surface area contributed by atoms with E-state index in [1.54, 1.807) is 11.3 Å². The van der Waals surface area contributed by atoms with Gasteiger partial charge in [-0.05, 0) is 25.8 Å². The van der Waals surface area contributed by atoms with Crippen molar-refractivity contribution in [1.29, 1.82) is 0 Å². The van der Waals surface area contributed by atoms with E-state index in [9.17, 15) is 0 Å². The van der Waals surface area contributed by atoms with Crippen molar-refractivity contribution in [3.05, 3.63) is 52.0 Å². The monoisotopic (exact) mass is 500 g/mol. The molecule has 2 heterocycles. The van der Waals surface area contributed by atoms with Crippen LogP contribution in [0.3, 0.4) is 0 Å². The lowest BCUT2D eigenvalue weighted by molar-refractivity contribution is 0.0925. The quantitative estimate of drug-likeness (QED) is 0.344. The average molecular weight is 500 g/mol. The molecular weight excluding hydrogens is 471 g/mol. The minimum atomic E-state index is 0. The number of hydrogen-bond acceptors (Lipinski definition) is 4. The van der Waals surface area contributed by atoms with E-state index in [1.165, 1.54) is 15.4 Å². The zero-order valence-corrected chi connectivity index (χ0v) is 19.1. The van der Waals surface area contributed by atoms with Crippen molar-refractivity contribution in [3.8, 4) is 0 Å². The summed E-state index contributed by atoms with van der Waals surface area (Å²) in [4.78, 5) is 10.5. The summed E-state index contributed by atoms with van der Waals surface area (Å²) in [6.45, 7) is 7.45. The minimum Gasteiger partial charge on any atom is -0.373 e. The second-order valence-corrected chi connectivity index (χ2v) is 7.83. The Morgan fingerprint density at radius 2 is 2.11 bits per heavy atom. The first-order valence-corrected chi connectivity index (χ1v) is 10.2. The van der Waals surface area contributed by atoms with Crippen molar-refractivity contribution < 1.29 is 4.74 Å². The van der Waals surface area contributed by atoms with Gasteiger partial charge in [0.25, 0.3) is 0 Å². The van der Waals surface area contributed by atoms with Crippen LogP contribution < -0.4 is 10.6 Å². The lowest BCUT2D eigenvalue weighted by Crippen LogP contribution is -2.38. The van der Waals surface area contributed by atoms with Crippen LogP contribution in [0.1, 0.15) is 34.9 Å². The molecule has 1 saturated heterocycles. The number of aromatic nitrogens is 1. The van der Waals surface area contributed by atoms with Crippen molar-refractivity contribution in [2.45, 2.75) is 32.8 Å². The number of thiazole rings is 1. The highest BCUT2D eigenvalue weighted by molar-refractivity contribution is 14.0. The Bertz CT molecular complexity index is 707. The molecule has 27 heavy (non-hydrogen) atoms. The molecule has 148 valence electrons. The smallest absolute Gasteiger partial charge is 0.191 e. The summed E-state index contributed by atoms with van der Waals surface area (Å²) < 4.78 is 5.97. The molecule has 0 saturated carbocycles. The van der Waals surface area contributed by atoms with Crippen LogP contribution >= 0.6 is 35.3 Å². The van der Waals surface area contributed by atoms with Crippen LogP contribution in [0.25, 0.3) is 0 Å². The topological polar surface area (TPSA) is 58.5 Å². The van der Waals surface area contributed by atoms with Gasteiger partial charge >= 0.3 is 0 Å². The Balaban J connectivity index is 0.00000261. The van der Waals surface area contributed by atoms with Crippen molar-refractivity contribution in [1.82, 2.24) is 15.6 Å². The van der Waals surface area contributed by atoms with Crippen LogP contribution in [0.5, 0.6) is 0 Å². The normalized spacial score (nSPS) is 19.6. The van der Waals surface area contributed by atoms with Gasteiger partial charge in [-0.1, -0.05) is 30.3 Å². The second-order valence-electron chi connectivity index (χ2n) is 6.51. The Morgan fingerprint density at radius 1 is 1.30 bits per heavy atom. The largest absolute Gasteiger partial charge is 0.373 e. The van der Waals surface area contributed by atoms with E-state index in [0.29, 0.717) is 5.92 Å². The molecule has 2 unspecified atom stereocenters. The summed E-state index contributed by atoms with van der Waals surface area (Å²) in [5, 5.41) is 7.92. The molecule has 1 aromatic heterocycles. The predicted molar refractivity (Wildman–Crippen MR) is 123 cm³/mol. The number of rotatable bonds is 7. The maximum Gasteiger partial charge on any atom is 0.191 e. The Labute approximate surface area is 183 Å². The first kappa shape index (κ1) is 22.1. The van der Waals surface area contributed by atoms with Gasteiger partial charge in [-0.2, -0.15) is 0 Å².